The number of anilines is 1. The van der Waals surface area contributed by atoms with Gasteiger partial charge < -0.3 is 9.64 Å². The van der Waals surface area contributed by atoms with Crippen LogP contribution in [-0.2, 0) is 14.8 Å². The third kappa shape index (κ3) is 4.54. The van der Waals surface area contributed by atoms with Crippen molar-refractivity contribution in [3.8, 4) is 5.75 Å². The lowest BCUT2D eigenvalue weighted by atomic mass is 10.1. The van der Waals surface area contributed by atoms with E-state index in [1.165, 1.54) is 0 Å². The number of amides is 1. The smallest absolute Gasteiger partial charge is 0.240 e. The summed E-state index contributed by atoms with van der Waals surface area (Å²) < 4.78 is 33.4. The SMILES string of the molecule is Cc1ccc(C)c(OCCNS(=O)(=O)c2ccc(N3CCCC3=O)c(C)c2)c1. The first kappa shape index (κ1) is 20.4. The molecular weight excluding hydrogens is 376 g/mol. The number of sulfonamides is 1. The van der Waals surface area contributed by atoms with Crippen LogP contribution in [0.2, 0.25) is 0 Å². The minimum atomic E-state index is -3.64. The van der Waals surface area contributed by atoms with Gasteiger partial charge in [0.15, 0.2) is 0 Å². The lowest BCUT2D eigenvalue weighted by Gasteiger charge is -2.19. The predicted octanol–water partition coefficient (Wildman–Crippen LogP) is 3.10. The zero-order valence-corrected chi connectivity index (χ0v) is 17.3. The number of ether oxygens (including phenoxy) is 1. The molecule has 3 rings (SSSR count). The molecule has 28 heavy (non-hydrogen) atoms. The maximum Gasteiger partial charge on any atom is 0.240 e. The van der Waals surface area contributed by atoms with Crippen LogP contribution in [0.1, 0.15) is 29.5 Å². The molecule has 6 nitrogen and oxygen atoms in total. The van der Waals surface area contributed by atoms with Crippen molar-refractivity contribution in [2.45, 2.75) is 38.5 Å². The molecule has 0 unspecified atom stereocenters. The van der Waals surface area contributed by atoms with E-state index in [0.29, 0.717) is 13.0 Å². The topological polar surface area (TPSA) is 75.7 Å². The van der Waals surface area contributed by atoms with Gasteiger partial charge in [0.1, 0.15) is 12.4 Å². The highest BCUT2D eigenvalue weighted by molar-refractivity contribution is 7.89. The summed E-state index contributed by atoms with van der Waals surface area (Å²) in [6.45, 7) is 6.85. The van der Waals surface area contributed by atoms with Crippen molar-refractivity contribution in [3.05, 3.63) is 53.1 Å². The Balaban J connectivity index is 1.62. The molecule has 0 spiro atoms. The Kier molecular flexibility index (Phi) is 6.05. The highest BCUT2D eigenvalue weighted by atomic mass is 32.2. The van der Waals surface area contributed by atoms with Crippen molar-refractivity contribution in [1.29, 1.82) is 0 Å². The molecule has 2 aromatic rings. The van der Waals surface area contributed by atoms with Gasteiger partial charge in [-0.15, -0.1) is 0 Å². The minimum absolute atomic E-state index is 0.0837. The quantitative estimate of drug-likeness (QED) is 0.722. The van der Waals surface area contributed by atoms with Crippen LogP contribution in [0.15, 0.2) is 41.3 Å². The van der Waals surface area contributed by atoms with Crippen LogP contribution in [0.4, 0.5) is 5.69 Å². The fourth-order valence-electron chi connectivity index (χ4n) is 3.28. The number of nitrogens with one attached hydrogen (secondary N) is 1. The van der Waals surface area contributed by atoms with Crippen LogP contribution in [-0.4, -0.2) is 34.0 Å². The van der Waals surface area contributed by atoms with E-state index in [1.807, 2.05) is 39.0 Å². The number of aryl methyl sites for hydroxylation is 3. The van der Waals surface area contributed by atoms with Crippen molar-refractivity contribution in [2.24, 2.45) is 0 Å². The molecule has 0 radical (unpaired) electrons. The van der Waals surface area contributed by atoms with Crippen molar-refractivity contribution in [1.82, 2.24) is 4.72 Å². The molecular formula is C21H26N2O4S. The minimum Gasteiger partial charge on any atom is -0.492 e. The van der Waals surface area contributed by atoms with Crippen molar-refractivity contribution in [2.75, 3.05) is 24.6 Å². The number of rotatable bonds is 7. The summed E-state index contributed by atoms with van der Waals surface area (Å²) >= 11 is 0. The molecule has 0 aliphatic carbocycles. The van der Waals surface area contributed by atoms with E-state index in [0.717, 1.165) is 34.5 Å². The standard InChI is InChI=1S/C21H26N2O4S/c1-15-6-7-16(2)20(13-15)27-12-10-22-28(25,26)18-8-9-19(17(3)14-18)23-11-4-5-21(23)24/h6-9,13-14,22H,4-5,10-12H2,1-3H3. The number of carbonyl (C=O) groups is 1. The second-order valence-electron chi connectivity index (χ2n) is 7.11. The fourth-order valence-corrected chi connectivity index (χ4v) is 4.38. The second-order valence-corrected chi connectivity index (χ2v) is 8.88. The average molecular weight is 403 g/mol. The molecule has 0 atom stereocenters. The Morgan fingerprint density at radius 3 is 2.54 bits per heavy atom. The summed E-state index contributed by atoms with van der Waals surface area (Å²) in [5.41, 5.74) is 3.65. The molecule has 0 aromatic heterocycles. The maximum absolute atomic E-state index is 12.6. The first-order valence-corrected chi connectivity index (χ1v) is 10.9. The summed E-state index contributed by atoms with van der Waals surface area (Å²) in [5.74, 6) is 0.843. The number of nitrogens with zero attached hydrogens (tertiary/aromatic N) is 1. The van der Waals surface area contributed by atoms with E-state index < -0.39 is 10.0 Å². The molecule has 150 valence electrons. The highest BCUT2D eigenvalue weighted by Gasteiger charge is 2.24. The van der Waals surface area contributed by atoms with Gasteiger partial charge in [-0.05, 0) is 68.1 Å². The Hall–Kier alpha value is -2.38. The first-order chi connectivity index (χ1) is 13.3. The molecule has 0 bridgehead atoms. The molecule has 1 aliphatic heterocycles. The van der Waals surface area contributed by atoms with Gasteiger partial charge in [0.25, 0.3) is 0 Å². The van der Waals surface area contributed by atoms with Gasteiger partial charge in [0.05, 0.1) is 4.90 Å². The number of hydrogen-bond donors (Lipinski definition) is 1. The zero-order chi connectivity index (χ0) is 20.3. The largest absolute Gasteiger partial charge is 0.492 e. The molecule has 2 aromatic carbocycles. The van der Waals surface area contributed by atoms with Crippen LogP contribution in [0.25, 0.3) is 0 Å². The fraction of sp³-hybridized carbons (Fsp3) is 0.381. The third-order valence-corrected chi connectivity index (χ3v) is 6.30. The van der Waals surface area contributed by atoms with E-state index in [1.54, 1.807) is 23.1 Å². The molecule has 1 N–H and O–H groups in total. The van der Waals surface area contributed by atoms with Crippen molar-refractivity contribution >= 4 is 21.6 Å². The van der Waals surface area contributed by atoms with Gasteiger partial charge in [0.2, 0.25) is 15.9 Å². The van der Waals surface area contributed by atoms with Crippen LogP contribution >= 0.6 is 0 Å². The van der Waals surface area contributed by atoms with Crippen LogP contribution in [0.3, 0.4) is 0 Å². The predicted molar refractivity (Wildman–Crippen MR) is 109 cm³/mol. The number of benzene rings is 2. The third-order valence-electron chi connectivity index (χ3n) is 4.84. The van der Waals surface area contributed by atoms with Crippen LogP contribution in [0, 0.1) is 20.8 Å². The Labute approximate surface area is 166 Å². The highest BCUT2D eigenvalue weighted by Crippen LogP contribution is 2.27. The van der Waals surface area contributed by atoms with Gasteiger partial charge in [-0.2, -0.15) is 0 Å². The van der Waals surface area contributed by atoms with E-state index in [-0.39, 0.29) is 24.0 Å². The molecule has 1 amide bonds. The zero-order valence-electron chi connectivity index (χ0n) is 16.5. The molecule has 7 heteroatoms. The summed E-state index contributed by atoms with van der Waals surface area (Å²) in [4.78, 5) is 13.8. The van der Waals surface area contributed by atoms with E-state index in [9.17, 15) is 13.2 Å². The summed E-state index contributed by atoms with van der Waals surface area (Å²) in [7, 11) is -3.64. The monoisotopic (exact) mass is 402 g/mol. The average Bonchev–Trinajstić information content (AvgIpc) is 3.07. The van der Waals surface area contributed by atoms with Gasteiger partial charge in [-0.25, -0.2) is 13.1 Å². The summed E-state index contributed by atoms with van der Waals surface area (Å²) in [5, 5.41) is 0. The Morgan fingerprint density at radius 1 is 1.07 bits per heavy atom. The first-order valence-electron chi connectivity index (χ1n) is 9.39. The lowest BCUT2D eigenvalue weighted by Crippen LogP contribution is -2.29. The molecule has 0 saturated carbocycles. The van der Waals surface area contributed by atoms with Crippen LogP contribution in [0.5, 0.6) is 5.75 Å². The molecule has 1 fully saturated rings. The summed E-state index contributed by atoms with van der Waals surface area (Å²) in [6, 6.07) is 10.8. The van der Waals surface area contributed by atoms with Gasteiger partial charge in [0, 0.05) is 25.2 Å². The molecule has 1 saturated heterocycles. The van der Waals surface area contributed by atoms with E-state index in [4.69, 9.17) is 4.74 Å². The van der Waals surface area contributed by atoms with E-state index >= 15 is 0 Å². The Bertz CT molecular complexity index is 986. The molecule has 1 heterocycles. The van der Waals surface area contributed by atoms with Gasteiger partial charge >= 0.3 is 0 Å². The number of hydrogen-bond acceptors (Lipinski definition) is 4. The van der Waals surface area contributed by atoms with Gasteiger partial charge in [-0.3, -0.25) is 4.79 Å². The van der Waals surface area contributed by atoms with Gasteiger partial charge in [-0.1, -0.05) is 12.1 Å². The van der Waals surface area contributed by atoms with Crippen molar-refractivity contribution < 1.29 is 17.9 Å². The van der Waals surface area contributed by atoms with Crippen molar-refractivity contribution in [3.63, 3.8) is 0 Å². The van der Waals surface area contributed by atoms with Crippen LogP contribution < -0.4 is 14.4 Å². The number of carbonyl (C=O) groups excluding carboxylic acids is 1. The Morgan fingerprint density at radius 2 is 1.86 bits per heavy atom. The summed E-state index contributed by atoms with van der Waals surface area (Å²) in [6.07, 6.45) is 1.38. The molecule has 1 aliphatic rings. The normalized spacial score (nSPS) is 14.5. The lowest BCUT2D eigenvalue weighted by molar-refractivity contribution is -0.117. The van der Waals surface area contributed by atoms with E-state index in [2.05, 4.69) is 4.72 Å². The second kappa shape index (κ2) is 8.32. The maximum atomic E-state index is 12.6.